The molecule has 0 bridgehead atoms. The van der Waals surface area contributed by atoms with Crippen molar-refractivity contribution in [2.24, 2.45) is 0 Å². The molecule has 17 heavy (non-hydrogen) atoms. The Balaban J connectivity index is 2.93. The molecule has 0 heterocycles. The van der Waals surface area contributed by atoms with Crippen LogP contribution in [0.15, 0.2) is 18.2 Å². The summed E-state index contributed by atoms with van der Waals surface area (Å²) in [6.07, 6.45) is 2.10. The van der Waals surface area contributed by atoms with E-state index >= 15 is 0 Å². The average molecular weight is 236 g/mol. The van der Waals surface area contributed by atoms with Gasteiger partial charge in [0.1, 0.15) is 0 Å². The SMILES string of the molecule is CCCC(C)(C)Nc1ccc(C)c([N+](=O)[O-])c1. The molecule has 0 saturated carbocycles. The highest BCUT2D eigenvalue weighted by Gasteiger charge is 2.18. The lowest BCUT2D eigenvalue weighted by atomic mass is 9.98. The zero-order valence-corrected chi connectivity index (χ0v) is 10.9. The molecule has 0 aromatic heterocycles. The lowest BCUT2D eigenvalue weighted by Gasteiger charge is -2.27. The third kappa shape index (κ3) is 3.73. The van der Waals surface area contributed by atoms with Gasteiger partial charge in [0.05, 0.1) is 4.92 Å². The van der Waals surface area contributed by atoms with Crippen LogP contribution >= 0.6 is 0 Å². The number of rotatable bonds is 5. The summed E-state index contributed by atoms with van der Waals surface area (Å²) in [5.74, 6) is 0. The van der Waals surface area contributed by atoms with Crippen LogP contribution in [-0.2, 0) is 0 Å². The summed E-state index contributed by atoms with van der Waals surface area (Å²) in [5, 5.41) is 14.2. The number of anilines is 1. The summed E-state index contributed by atoms with van der Waals surface area (Å²) in [6, 6.07) is 5.27. The van der Waals surface area contributed by atoms with E-state index in [2.05, 4.69) is 26.1 Å². The summed E-state index contributed by atoms with van der Waals surface area (Å²) < 4.78 is 0. The molecule has 4 heteroatoms. The smallest absolute Gasteiger partial charge is 0.274 e. The van der Waals surface area contributed by atoms with Crippen LogP contribution in [-0.4, -0.2) is 10.5 Å². The highest BCUT2D eigenvalue weighted by molar-refractivity contribution is 5.55. The third-order valence-electron chi connectivity index (χ3n) is 2.76. The molecule has 0 unspecified atom stereocenters. The maximum Gasteiger partial charge on any atom is 0.274 e. The maximum atomic E-state index is 10.8. The number of nitro groups is 1. The minimum absolute atomic E-state index is 0.0438. The van der Waals surface area contributed by atoms with Crippen LogP contribution in [0.4, 0.5) is 11.4 Å². The molecule has 1 N–H and O–H groups in total. The Hall–Kier alpha value is -1.58. The van der Waals surface area contributed by atoms with E-state index in [0.717, 1.165) is 18.5 Å². The van der Waals surface area contributed by atoms with Gasteiger partial charge in [0.15, 0.2) is 0 Å². The fourth-order valence-electron chi connectivity index (χ4n) is 1.96. The summed E-state index contributed by atoms with van der Waals surface area (Å²) >= 11 is 0. The first-order valence-corrected chi connectivity index (χ1v) is 5.89. The zero-order chi connectivity index (χ0) is 13.1. The van der Waals surface area contributed by atoms with Crippen LogP contribution in [0.5, 0.6) is 0 Å². The number of hydrogen-bond donors (Lipinski definition) is 1. The van der Waals surface area contributed by atoms with E-state index in [-0.39, 0.29) is 16.1 Å². The van der Waals surface area contributed by atoms with Crippen molar-refractivity contribution in [1.82, 2.24) is 0 Å². The van der Waals surface area contributed by atoms with Crippen molar-refractivity contribution in [2.45, 2.75) is 46.1 Å². The van der Waals surface area contributed by atoms with Crippen molar-refractivity contribution < 1.29 is 4.92 Å². The Labute approximate surface area is 102 Å². The van der Waals surface area contributed by atoms with E-state index in [4.69, 9.17) is 0 Å². The highest BCUT2D eigenvalue weighted by atomic mass is 16.6. The van der Waals surface area contributed by atoms with Gasteiger partial charge in [-0.3, -0.25) is 10.1 Å². The maximum absolute atomic E-state index is 10.8. The van der Waals surface area contributed by atoms with Crippen molar-refractivity contribution in [2.75, 3.05) is 5.32 Å². The normalized spacial score (nSPS) is 11.3. The van der Waals surface area contributed by atoms with Gasteiger partial charge in [0.2, 0.25) is 0 Å². The van der Waals surface area contributed by atoms with E-state index in [1.54, 1.807) is 19.1 Å². The van der Waals surface area contributed by atoms with Crippen LogP contribution < -0.4 is 5.32 Å². The summed E-state index contributed by atoms with van der Waals surface area (Å²) in [5.41, 5.74) is 1.62. The molecule has 1 rings (SSSR count). The molecule has 0 saturated heterocycles. The monoisotopic (exact) mass is 236 g/mol. The predicted octanol–water partition coefficient (Wildman–Crippen LogP) is 3.89. The number of nitrogens with zero attached hydrogens (tertiary/aromatic N) is 1. The molecule has 0 aliphatic heterocycles. The average Bonchev–Trinajstić information content (AvgIpc) is 2.20. The lowest BCUT2D eigenvalue weighted by Crippen LogP contribution is -2.30. The first-order chi connectivity index (χ1) is 7.85. The molecular weight excluding hydrogens is 216 g/mol. The fraction of sp³-hybridized carbons (Fsp3) is 0.538. The Bertz CT molecular complexity index is 414. The number of aryl methyl sites for hydroxylation is 1. The van der Waals surface area contributed by atoms with Crippen LogP contribution in [0.1, 0.15) is 39.2 Å². The Morgan fingerprint density at radius 2 is 2.06 bits per heavy atom. The van der Waals surface area contributed by atoms with Gasteiger partial charge in [-0.25, -0.2) is 0 Å². The summed E-state index contributed by atoms with van der Waals surface area (Å²) in [6.45, 7) is 8.07. The number of nitrogens with one attached hydrogen (secondary N) is 1. The minimum Gasteiger partial charge on any atom is -0.380 e. The van der Waals surface area contributed by atoms with E-state index in [0.29, 0.717) is 5.56 Å². The van der Waals surface area contributed by atoms with Gasteiger partial charge >= 0.3 is 0 Å². The molecule has 4 nitrogen and oxygen atoms in total. The molecule has 0 spiro atoms. The quantitative estimate of drug-likeness (QED) is 0.623. The largest absolute Gasteiger partial charge is 0.380 e. The van der Waals surface area contributed by atoms with E-state index < -0.39 is 0 Å². The second kappa shape index (κ2) is 5.17. The van der Waals surface area contributed by atoms with E-state index in [9.17, 15) is 10.1 Å². The Kier molecular flexibility index (Phi) is 4.10. The van der Waals surface area contributed by atoms with Gasteiger partial charge in [-0.1, -0.05) is 19.4 Å². The van der Waals surface area contributed by atoms with Gasteiger partial charge in [0, 0.05) is 22.9 Å². The van der Waals surface area contributed by atoms with Crippen molar-refractivity contribution >= 4 is 11.4 Å². The molecule has 0 aliphatic carbocycles. The fourth-order valence-corrected chi connectivity index (χ4v) is 1.96. The second-order valence-corrected chi connectivity index (χ2v) is 5.02. The number of hydrogen-bond acceptors (Lipinski definition) is 3. The number of nitro benzene ring substituents is 1. The zero-order valence-electron chi connectivity index (χ0n) is 10.9. The Morgan fingerprint density at radius 1 is 1.41 bits per heavy atom. The number of benzene rings is 1. The first-order valence-electron chi connectivity index (χ1n) is 5.89. The standard InChI is InChI=1S/C13H20N2O2/c1-5-8-13(3,4)14-11-7-6-10(2)12(9-11)15(16)17/h6-7,9,14H,5,8H2,1-4H3. The lowest BCUT2D eigenvalue weighted by molar-refractivity contribution is -0.385. The van der Waals surface area contributed by atoms with Gasteiger partial charge < -0.3 is 5.32 Å². The van der Waals surface area contributed by atoms with Crippen molar-refractivity contribution in [3.05, 3.63) is 33.9 Å². The van der Waals surface area contributed by atoms with Gasteiger partial charge in [-0.05, 0) is 33.3 Å². The van der Waals surface area contributed by atoms with Crippen molar-refractivity contribution in [1.29, 1.82) is 0 Å². The topological polar surface area (TPSA) is 55.2 Å². The summed E-state index contributed by atoms with van der Waals surface area (Å²) in [7, 11) is 0. The van der Waals surface area contributed by atoms with Gasteiger partial charge in [0.25, 0.3) is 5.69 Å². The summed E-state index contributed by atoms with van der Waals surface area (Å²) in [4.78, 5) is 10.5. The molecule has 1 aromatic rings. The van der Waals surface area contributed by atoms with E-state index in [1.165, 1.54) is 0 Å². The molecule has 0 aliphatic rings. The molecule has 0 fully saturated rings. The van der Waals surface area contributed by atoms with Crippen LogP contribution in [0.25, 0.3) is 0 Å². The molecule has 0 atom stereocenters. The molecule has 1 aromatic carbocycles. The molecule has 0 radical (unpaired) electrons. The van der Waals surface area contributed by atoms with Gasteiger partial charge in [-0.15, -0.1) is 0 Å². The highest BCUT2D eigenvalue weighted by Crippen LogP contribution is 2.25. The Morgan fingerprint density at radius 3 is 2.59 bits per heavy atom. The molecular formula is C13H20N2O2. The minimum atomic E-state index is -0.340. The van der Waals surface area contributed by atoms with Crippen LogP contribution in [0.2, 0.25) is 0 Å². The first kappa shape index (κ1) is 13.5. The predicted molar refractivity (Wildman–Crippen MR) is 70.4 cm³/mol. The van der Waals surface area contributed by atoms with Crippen LogP contribution in [0, 0.1) is 17.0 Å². The second-order valence-electron chi connectivity index (χ2n) is 5.02. The third-order valence-corrected chi connectivity index (χ3v) is 2.76. The van der Waals surface area contributed by atoms with E-state index in [1.807, 2.05) is 6.07 Å². The molecule has 0 amide bonds. The van der Waals surface area contributed by atoms with Gasteiger partial charge in [-0.2, -0.15) is 0 Å². The van der Waals surface area contributed by atoms with Crippen LogP contribution in [0.3, 0.4) is 0 Å². The molecule has 94 valence electrons. The van der Waals surface area contributed by atoms with Crippen molar-refractivity contribution in [3.63, 3.8) is 0 Å². The van der Waals surface area contributed by atoms with Crippen molar-refractivity contribution in [3.8, 4) is 0 Å².